The summed E-state index contributed by atoms with van der Waals surface area (Å²) in [5.41, 5.74) is 5.13. The maximum Gasteiger partial charge on any atom is 0.427 e. The Balaban J connectivity index is 2.19. The number of amides is 1. The molecule has 0 aliphatic carbocycles. The molecule has 2 rings (SSSR count). The van der Waals surface area contributed by atoms with Gasteiger partial charge in [-0.2, -0.15) is 5.10 Å². The van der Waals surface area contributed by atoms with Crippen LogP contribution in [0.1, 0.15) is 29.6 Å². The largest absolute Gasteiger partial charge is 0.449 e. The molecule has 0 fully saturated rings. The van der Waals surface area contributed by atoms with Crippen LogP contribution >= 0.6 is 0 Å². The van der Waals surface area contributed by atoms with E-state index in [-0.39, 0.29) is 0 Å². The molecular formula is C14H18N4O3. The van der Waals surface area contributed by atoms with Crippen LogP contribution in [0.5, 0.6) is 0 Å². The van der Waals surface area contributed by atoms with E-state index in [1.165, 1.54) is 0 Å². The molecule has 0 aliphatic rings. The van der Waals surface area contributed by atoms with E-state index in [1.807, 2.05) is 37.5 Å². The number of rotatable bonds is 4. The van der Waals surface area contributed by atoms with E-state index in [4.69, 9.17) is 9.26 Å². The monoisotopic (exact) mass is 290 g/mol. The zero-order valence-electron chi connectivity index (χ0n) is 12.5. The Kier molecular flexibility index (Phi) is 4.42. The topological polar surface area (TPSA) is 81.6 Å². The number of hydrogen-bond donors (Lipinski definition) is 1. The van der Waals surface area contributed by atoms with Crippen LogP contribution in [0.2, 0.25) is 0 Å². The molecule has 2 aromatic heterocycles. The van der Waals surface area contributed by atoms with Crippen molar-refractivity contribution in [1.82, 2.24) is 15.1 Å². The minimum atomic E-state index is -0.574. The maximum atomic E-state index is 11.1. The summed E-state index contributed by atoms with van der Waals surface area (Å²) in [5.74, 6) is 1.47. The van der Waals surface area contributed by atoms with Crippen molar-refractivity contribution in [1.29, 1.82) is 0 Å². The van der Waals surface area contributed by atoms with Crippen molar-refractivity contribution in [2.75, 3.05) is 6.61 Å². The van der Waals surface area contributed by atoms with Gasteiger partial charge < -0.3 is 9.26 Å². The summed E-state index contributed by atoms with van der Waals surface area (Å²) in [7, 11) is 0. The first-order valence-electron chi connectivity index (χ1n) is 6.61. The van der Waals surface area contributed by atoms with Crippen molar-refractivity contribution < 1.29 is 14.1 Å². The molecule has 0 aliphatic heterocycles. The molecule has 0 saturated carbocycles. The summed E-state index contributed by atoms with van der Waals surface area (Å²) >= 11 is 0. The highest BCUT2D eigenvalue weighted by atomic mass is 16.5. The second-order valence-corrected chi connectivity index (χ2v) is 4.55. The van der Waals surface area contributed by atoms with Gasteiger partial charge in [-0.05, 0) is 33.8 Å². The number of hydrazone groups is 1. The van der Waals surface area contributed by atoms with Crippen LogP contribution in [0, 0.1) is 20.8 Å². The number of aryl methyl sites for hydroxylation is 2. The van der Waals surface area contributed by atoms with Crippen LogP contribution in [-0.4, -0.2) is 28.6 Å². The number of ether oxygens (including phenoxy) is 1. The molecule has 1 N–H and O–H groups in total. The summed E-state index contributed by atoms with van der Waals surface area (Å²) in [4.78, 5) is 11.1. The standard InChI is InChI=1S/C14H18N4O3/c1-5-20-14(19)16-15-8-12-6-9(2)18(11(12)4)13-7-10(3)21-17-13/h6-8H,5H2,1-4H3,(H,16,19)/b15-8-. The van der Waals surface area contributed by atoms with Gasteiger partial charge in [-0.15, -0.1) is 0 Å². The molecule has 0 radical (unpaired) electrons. The van der Waals surface area contributed by atoms with E-state index in [9.17, 15) is 4.79 Å². The molecule has 0 saturated heterocycles. The van der Waals surface area contributed by atoms with Crippen molar-refractivity contribution in [3.8, 4) is 5.82 Å². The molecule has 0 spiro atoms. The van der Waals surface area contributed by atoms with Crippen molar-refractivity contribution in [3.05, 3.63) is 34.8 Å². The molecule has 0 bridgehead atoms. The Morgan fingerprint density at radius 1 is 1.48 bits per heavy atom. The predicted molar refractivity (Wildman–Crippen MR) is 77.8 cm³/mol. The normalized spacial score (nSPS) is 11.0. The fourth-order valence-corrected chi connectivity index (χ4v) is 2.05. The lowest BCUT2D eigenvalue weighted by molar-refractivity contribution is 0.152. The Bertz CT molecular complexity index is 670. The lowest BCUT2D eigenvalue weighted by Crippen LogP contribution is -2.18. The fourth-order valence-electron chi connectivity index (χ4n) is 2.05. The van der Waals surface area contributed by atoms with Crippen LogP contribution < -0.4 is 5.43 Å². The third-order valence-electron chi connectivity index (χ3n) is 2.95. The molecule has 21 heavy (non-hydrogen) atoms. The molecule has 7 heteroatoms. The number of nitrogens with one attached hydrogen (secondary N) is 1. The molecule has 1 amide bonds. The number of nitrogens with zero attached hydrogens (tertiary/aromatic N) is 3. The van der Waals surface area contributed by atoms with Gasteiger partial charge in [0.05, 0.1) is 12.8 Å². The molecule has 7 nitrogen and oxygen atoms in total. The van der Waals surface area contributed by atoms with E-state index in [0.717, 1.165) is 28.5 Å². The molecular weight excluding hydrogens is 272 g/mol. The molecule has 112 valence electrons. The quantitative estimate of drug-likeness (QED) is 0.692. The number of carbonyl (C=O) groups excluding carboxylic acids is 1. The summed E-state index contributed by atoms with van der Waals surface area (Å²) < 4.78 is 11.8. The third kappa shape index (κ3) is 3.31. The van der Waals surface area contributed by atoms with Gasteiger partial charge >= 0.3 is 6.09 Å². The van der Waals surface area contributed by atoms with Gasteiger partial charge in [0.2, 0.25) is 0 Å². The molecule has 2 heterocycles. The van der Waals surface area contributed by atoms with Gasteiger partial charge in [0.25, 0.3) is 0 Å². The molecule has 0 aromatic carbocycles. The first-order valence-corrected chi connectivity index (χ1v) is 6.61. The molecule has 2 aromatic rings. The fraction of sp³-hybridized carbons (Fsp3) is 0.357. The van der Waals surface area contributed by atoms with Crippen molar-refractivity contribution in [2.24, 2.45) is 5.10 Å². The van der Waals surface area contributed by atoms with Gasteiger partial charge in [0.1, 0.15) is 5.76 Å². The average molecular weight is 290 g/mol. The van der Waals surface area contributed by atoms with Crippen LogP contribution in [0.25, 0.3) is 5.82 Å². The third-order valence-corrected chi connectivity index (χ3v) is 2.95. The zero-order valence-corrected chi connectivity index (χ0v) is 12.5. The summed E-state index contributed by atoms with van der Waals surface area (Å²) in [6.45, 7) is 7.80. The van der Waals surface area contributed by atoms with E-state index in [2.05, 4.69) is 15.7 Å². The average Bonchev–Trinajstić information content (AvgIpc) is 2.95. The van der Waals surface area contributed by atoms with Crippen LogP contribution in [0.4, 0.5) is 4.79 Å². The minimum Gasteiger partial charge on any atom is -0.449 e. The Morgan fingerprint density at radius 3 is 2.86 bits per heavy atom. The Hall–Kier alpha value is -2.57. The minimum absolute atomic E-state index is 0.307. The van der Waals surface area contributed by atoms with Crippen LogP contribution in [0.15, 0.2) is 21.8 Å². The molecule has 0 atom stereocenters. The Morgan fingerprint density at radius 2 is 2.24 bits per heavy atom. The van der Waals surface area contributed by atoms with Crippen molar-refractivity contribution in [3.63, 3.8) is 0 Å². The van der Waals surface area contributed by atoms with Crippen LogP contribution in [0.3, 0.4) is 0 Å². The van der Waals surface area contributed by atoms with E-state index < -0.39 is 6.09 Å². The highest BCUT2D eigenvalue weighted by Crippen LogP contribution is 2.19. The van der Waals surface area contributed by atoms with Gasteiger partial charge in [0.15, 0.2) is 5.82 Å². The predicted octanol–water partition coefficient (Wildman–Crippen LogP) is 2.47. The van der Waals surface area contributed by atoms with Crippen molar-refractivity contribution in [2.45, 2.75) is 27.7 Å². The number of carbonyl (C=O) groups is 1. The van der Waals surface area contributed by atoms with Crippen molar-refractivity contribution >= 4 is 12.3 Å². The second kappa shape index (κ2) is 6.25. The first kappa shape index (κ1) is 14.8. The van der Waals surface area contributed by atoms with Gasteiger partial charge in [-0.1, -0.05) is 5.16 Å². The number of hydrogen-bond acceptors (Lipinski definition) is 5. The lowest BCUT2D eigenvalue weighted by atomic mass is 10.3. The van der Waals surface area contributed by atoms with Gasteiger partial charge in [-0.25, -0.2) is 10.2 Å². The number of aromatic nitrogens is 2. The van der Waals surface area contributed by atoms with E-state index in [0.29, 0.717) is 6.61 Å². The molecule has 0 unspecified atom stereocenters. The lowest BCUT2D eigenvalue weighted by Gasteiger charge is -2.03. The SMILES string of the molecule is CCOC(=O)N/N=C\c1cc(C)n(-c2cc(C)on2)c1C. The highest BCUT2D eigenvalue weighted by Gasteiger charge is 2.12. The zero-order chi connectivity index (χ0) is 15.4. The summed E-state index contributed by atoms with van der Waals surface area (Å²) in [6, 6.07) is 3.81. The highest BCUT2D eigenvalue weighted by molar-refractivity contribution is 5.83. The summed E-state index contributed by atoms with van der Waals surface area (Å²) in [6.07, 6.45) is 0.998. The van der Waals surface area contributed by atoms with Gasteiger partial charge in [-0.3, -0.25) is 4.57 Å². The maximum absolute atomic E-state index is 11.1. The smallest absolute Gasteiger partial charge is 0.427 e. The van der Waals surface area contributed by atoms with E-state index >= 15 is 0 Å². The summed E-state index contributed by atoms with van der Waals surface area (Å²) in [5, 5.41) is 7.88. The van der Waals surface area contributed by atoms with Gasteiger partial charge in [0, 0.05) is 23.0 Å². The Labute approximate surface area is 122 Å². The second-order valence-electron chi connectivity index (χ2n) is 4.55. The van der Waals surface area contributed by atoms with E-state index in [1.54, 1.807) is 13.1 Å². The van der Waals surface area contributed by atoms with Crippen LogP contribution in [-0.2, 0) is 4.74 Å². The first-order chi connectivity index (χ1) is 10.0.